The van der Waals surface area contributed by atoms with E-state index in [1.807, 2.05) is 0 Å². The van der Waals surface area contributed by atoms with Crippen molar-refractivity contribution >= 4 is 38.8 Å². The highest BCUT2D eigenvalue weighted by molar-refractivity contribution is 8.45. The van der Waals surface area contributed by atoms with Gasteiger partial charge in [-0.2, -0.15) is 4.98 Å². The van der Waals surface area contributed by atoms with Gasteiger partial charge in [0.1, 0.15) is 16.5 Å². The van der Waals surface area contributed by atoms with E-state index in [1.165, 1.54) is 11.0 Å². The fourth-order valence-electron chi connectivity index (χ4n) is 5.16. The number of hydrogen-bond donors (Lipinski definition) is 2. The lowest BCUT2D eigenvalue weighted by Gasteiger charge is -2.42. The van der Waals surface area contributed by atoms with Crippen LogP contribution in [0, 0.1) is 5.82 Å². The molecule has 2 N–H and O–H groups in total. The van der Waals surface area contributed by atoms with Gasteiger partial charge in [0.05, 0.1) is 33.7 Å². The Kier molecular flexibility index (Phi) is 6.87. The van der Waals surface area contributed by atoms with Crippen LogP contribution in [0.1, 0.15) is 18.7 Å². The molecule has 43 heavy (non-hydrogen) atoms. The topological polar surface area (TPSA) is 100 Å². The van der Waals surface area contributed by atoms with Gasteiger partial charge in [-0.3, -0.25) is 4.79 Å². The highest BCUT2D eigenvalue weighted by Gasteiger charge is 2.67. The van der Waals surface area contributed by atoms with Crippen LogP contribution in [0.25, 0.3) is 28.0 Å². The zero-order chi connectivity index (χ0) is 31.5. The third-order valence-corrected chi connectivity index (χ3v) is 8.43. The van der Waals surface area contributed by atoms with Crippen LogP contribution in [0.5, 0.6) is 5.75 Å². The molecule has 1 saturated heterocycles. The molecule has 0 aliphatic carbocycles. The number of nitrogens with one attached hydrogen (secondary N) is 1. The number of pyridine rings is 1. The molecule has 1 fully saturated rings. The summed E-state index contributed by atoms with van der Waals surface area (Å²) in [5.41, 5.74) is -4.59. The van der Waals surface area contributed by atoms with Crippen molar-refractivity contribution in [1.82, 2.24) is 24.8 Å². The number of phenols is 1. The molecule has 1 aliphatic heterocycles. The minimum Gasteiger partial charge on any atom is -0.507 e. The van der Waals surface area contributed by atoms with Crippen LogP contribution in [-0.4, -0.2) is 49.6 Å². The maximum Gasteiger partial charge on any atom is 0.354 e. The Labute approximate surface area is 245 Å². The molecule has 2 atom stereocenters. The van der Waals surface area contributed by atoms with E-state index in [-0.39, 0.29) is 33.3 Å². The summed E-state index contributed by atoms with van der Waals surface area (Å²) in [6.45, 7) is 5.62. The molecule has 1 aliphatic rings. The van der Waals surface area contributed by atoms with Crippen LogP contribution in [0.15, 0.2) is 70.9 Å². The summed E-state index contributed by atoms with van der Waals surface area (Å²) < 4.78 is 86.2. The van der Waals surface area contributed by atoms with E-state index >= 15 is 0 Å². The van der Waals surface area contributed by atoms with Gasteiger partial charge in [0.2, 0.25) is 5.91 Å². The van der Waals surface area contributed by atoms with E-state index in [2.05, 4.69) is 21.9 Å². The van der Waals surface area contributed by atoms with Crippen molar-refractivity contribution in [2.45, 2.75) is 23.9 Å². The fraction of sp³-hybridized carbons (Fsp3) is 0.185. The monoisotopic (exact) mass is 645 g/mol. The number of piperazine rings is 1. The number of carbonyl (C=O) groups excluding carboxylic acids is 1. The first kappa shape index (κ1) is 30.4. The highest BCUT2D eigenvalue weighted by atomic mass is 35.5. The number of halogens is 7. The number of aromatic nitrogens is 3. The average Bonchev–Trinajstić information content (AvgIpc) is 2.91. The first-order valence-corrected chi connectivity index (χ1v) is 14.9. The number of benzene rings is 2. The average molecular weight is 646 g/mol. The number of hydrogen-bond acceptors (Lipinski definition) is 6. The molecule has 0 spiro atoms. The van der Waals surface area contributed by atoms with Gasteiger partial charge < -0.3 is 15.3 Å². The summed E-state index contributed by atoms with van der Waals surface area (Å²) >= 11 is 6.48. The number of fused-ring (bicyclic) bond motifs is 1. The SMILES string of the molecule is C=CC(=O)N1CCN[C@@H](C)C1c1nc(=O)n(-c2ccccc2S(F)(F)(F)(F)F)c2nc(-c3c(O)cccc3F)c(Cl)cc12. The van der Waals surface area contributed by atoms with Gasteiger partial charge in [-0.25, -0.2) is 18.7 Å². The number of aromatic hydroxyl groups is 1. The standard InChI is InChI=1S/C27H22ClF6N5O3S/c1-3-21(41)38-12-11-35-14(2)25(38)23-15-13-16(28)24(22-17(29)7-6-9-19(22)40)36-26(15)39(27(42)37-23)18-8-4-5-10-20(18)43(30,31,32,33)34/h3-10,13-14,25,35,40H,1,11-12H2,2H3/t14-,25?/m0/s1. The third-order valence-electron chi connectivity index (χ3n) is 6.97. The number of carbonyl (C=O) groups is 1. The highest BCUT2D eigenvalue weighted by Crippen LogP contribution is 3.02. The molecule has 2 aromatic carbocycles. The van der Waals surface area contributed by atoms with Crippen molar-refractivity contribution < 1.29 is 33.7 Å². The van der Waals surface area contributed by atoms with Gasteiger partial charge in [0.25, 0.3) is 0 Å². The van der Waals surface area contributed by atoms with Crippen LogP contribution in [-0.2, 0) is 4.79 Å². The number of amides is 1. The van der Waals surface area contributed by atoms with Gasteiger partial charge in [-0.15, -0.1) is 0 Å². The van der Waals surface area contributed by atoms with Crippen molar-refractivity contribution in [3.8, 4) is 22.7 Å². The van der Waals surface area contributed by atoms with Crippen LogP contribution < -0.4 is 11.0 Å². The zero-order valence-corrected chi connectivity index (χ0v) is 23.7. The minimum atomic E-state index is -10.4. The summed E-state index contributed by atoms with van der Waals surface area (Å²) in [7, 11) is -10.4. The number of para-hydroxylation sites is 1. The van der Waals surface area contributed by atoms with Crippen LogP contribution in [0.4, 0.5) is 23.8 Å². The molecular weight excluding hydrogens is 624 g/mol. The van der Waals surface area contributed by atoms with Gasteiger partial charge in [0, 0.05) is 24.5 Å². The van der Waals surface area contributed by atoms with E-state index in [0.717, 1.165) is 36.4 Å². The lowest BCUT2D eigenvalue weighted by Crippen LogP contribution is -2.53. The third kappa shape index (κ3) is 5.43. The van der Waals surface area contributed by atoms with Crippen molar-refractivity contribution in [3.63, 3.8) is 0 Å². The Morgan fingerprint density at radius 3 is 2.49 bits per heavy atom. The fourth-order valence-corrected chi connectivity index (χ4v) is 6.29. The minimum absolute atomic E-state index is 0.125. The second kappa shape index (κ2) is 9.72. The smallest absolute Gasteiger partial charge is 0.354 e. The predicted octanol–water partition coefficient (Wildman–Crippen LogP) is 6.65. The van der Waals surface area contributed by atoms with Crippen molar-refractivity contribution in [3.05, 3.63) is 88.2 Å². The lowest BCUT2D eigenvalue weighted by atomic mass is 9.97. The number of phenolic OH excluding ortho intramolecular Hbond substituents is 1. The first-order chi connectivity index (χ1) is 19.9. The predicted molar refractivity (Wildman–Crippen MR) is 151 cm³/mol. The van der Waals surface area contributed by atoms with Gasteiger partial charge in [-0.1, -0.05) is 55.8 Å². The summed E-state index contributed by atoms with van der Waals surface area (Å²) in [4.78, 5) is 33.5. The van der Waals surface area contributed by atoms with Crippen LogP contribution >= 0.6 is 21.8 Å². The second-order valence-corrected chi connectivity index (χ2v) is 12.6. The molecule has 0 saturated carbocycles. The largest absolute Gasteiger partial charge is 0.507 e. The Morgan fingerprint density at radius 1 is 1.14 bits per heavy atom. The number of rotatable bonds is 5. The molecule has 228 valence electrons. The normalized spacial score (nSPS) is 19.1. The van der Waals surface area contributed by atoms with E-state index in [9.17, 15) is 38.5 Å². The summed E-state index contributed by atoms with van der Waals surface area (Å²) in [6, 6.07) is 5.26. The Bertz CT molecular complexity index is 1870. The molecule has 1 amide bonds. The van der Waals surface area contributed by atoms with Crippen molar-refractivity contribution in [2.24, 2.45) is 0 Å². The van der Waals surface area contributed by atoms with Crippen molar-refractivity contribution in [2.75, 3.05) is 13.1 Å². The maximum atomic E-state index is 14.9. The lowest BCUT2D eigenvalue weighted by molar-refractivity contribution is -0.130. The maximum absolute atomic E-state index is 14.9. The van der Waals surface area contributed by atoms with Crippen LogP contribution in [0.2, 0.25) is 5.02 Å². The van der Waals surface area contributed by atoms with Gasteiger partial charge >= 0.3 is 15.9 Å². The molecule has 4 aromatic rings. The molecule has 8 nitrogen and oxygen atoms in total. The number of nitrogens with zero attached hydrogens (tertiary/aromatic N) is 4. The summed E-state index contributed by atoms with van der Waals surface area (Å²) in [6.07, 6.45) is 1.03. The molecular formula is C27H22ClF6N5O3S. The Hall–Kier alpha value is -4.08. The van der Waals surface area contributed by atoms with Crippen molar-refractivity contribution in [1.29, 1.82) is 0 Å². The van der Waals surface area contributed by atoms with E-state index < -0.39 is 73.0 Å². The molecule has 0 radical (unpaired) electrons. The molecule has 0 bridgehead atoms. The molecule has 16 heteroatoms. The second-order valence-electron chi connectivity index (χ2n) is 9.80. The molecule has 3 heterocycles. The van der Waals surface area contributed by atoms with Gasteiger partial charge in [0.15, 0.2) is 5.65 Å². The Balaban J connectivity index is 1.95. The van der Waals surface area contributed by atoms with Gasteiger partial charge in [-0.05, 0) is 43.3 Å². The quantitative estimate of drug-likeness (QED) is 0.186. The van der Waals surface area contributed by atoms with E-state index in [1.54, 1.807) is 6.92 Å². The zero-order valence-electron chi connectivity index (χ0n) is 22.1. The summed E-state index contributed by atoms with van der Waals surface area (Å²) in [5.74, 6) is -2.20. The van der Waals surface area contributed by atoms with Crippen LogP contribution in [0.3, 0.4) is 0 Å². The Morgan fingerprint density at radius 2 is 1.84 bits per heavy atom. The van der Waals surface area contributed by atoms with E-state index in [4.69, 9.17) is 11.6 Å². The molecule has 5 rings (SSSR count). The molecule has 1 unspecified atom stereocenters. The molecule has 2 aromatic heterocycles. The first-order valence-electron chi connectivity index (χ1n) is 12.5. The van der Waals surface area contributed by atoms with E-state index in [0.29, 0.717) is 12.6 Å². The summed E-state index contributed by atoms with van der Waals surface area (Å²) in [5, 5.41) is 13.0.